The molecule has 3 aromatic rings. The van der Waals surface area contributed by atoms with E-state index in [-0.39, 0.29) is 11.7 Å². The van der Waals surface area contributed by atoms with Crippen molar-refractivity contribution in [2.24, 2.45) is 0 Å². The van der Waals surface area contributed by atoms with Gasteiger partial charge in [0.15, 0.2) is 0 Å². The van der Waals surface area contributed by atoms with E-state index in [1.165, 1.54) is 11.6 Å². The maximum absolute atomic E-state index is 13.3. The largest absolute Gasteiger partial charge is 0.490 e. The van der Waals surface area contributed by atoms with E-state index in [9.17, 15) is 14.4 Å². The number of nitrogens with one attached hydrogen (secondary N) is 1. The number of urea groups is 1. The molecule has 4 rings (SSSR count). The van der Waals surface area contributed by atoms with Gasteiger partial charge in [-0.15, -0.1) is 0 Å². The molecule has 1 aliphatic heterocycles. The van der Waals surface area contributed by atoms with Gasteiger partial charge in [0.2, 0.25) is 0 Å². The Labute approximate surface area is 217 Å². The third-order valence-corrected chi connectivity index (χ3v) is 5.85. The van der Waals surface area contributed by atoms with E-state index in [1.54, 1.807) is 42.5 Å². The SMILES string of the molecule is Cc1ccc(COc2ccc(N3C(=O)NC(=O)/C(=C\c4cc(Br)ccc4OC(C)C)C3=O)cc2)cc1. The number of carbonyl (C=O) groups excluding carboxylic acids is 3. The zero-order valence-electron chi connectivity index (χ0n) is 20.1. The molecule has 1 saturated heterocycles. The Morgan fingerprint density at radius 2 is 1.67 bits per heavy atom. The fraction of sp³-hybridized carbons (Fsp3) is 0.179. The van der Waals surface area contributed by atoms with E-state index in [2.05, 4.69) is 21.2 Å². The van der Waals surface area contributed by atoms with Gasteiger partial charge in [-0.1, -0.05) is 45.8 Å². The van der Waals surface area contributed by atoms with Crippen LogP contribution in [-0.2, 0) is 16.2 Å². The Balaban J connectivity index is 1.56. The standard InChI is InChI=1S/C28H25BrN2O5/c1-17(2)36-25-13-8-21(29)14-20(25)15-24-26(32)30-28(34)31(27(24)33)22-9-11-23(12-10-22)35-16-19-6-4-18(3)5-7-19/h4-15,17H,16H2,1-3H3,(H,30,32,34)/b24-15+. The molecular formula is C28H25BrN2O5. The van der Waals surface area contributed by atoms with Crippen molar-refractivity contribution in [1.82, 2.24) is 5.32 Å². The number of hydrogen-bond donors (Lipinski definition) is 1. The zero-order valence-corrected chi connectivity index (χ0v) is 21.7. The second-order valence-electron chi connectivity index (χ2n) is 8.57. The lowest BCUT2D eigenvalue weighted by Gasteiger charge is -2.26. The molecule has 1 fully saturated rings. The predicted molar refractivity (Wildman–Crippen MR) is 141 cm³/mol. The molecular weight excluding hydrogens is 524 g/mol. The topological polar surface area (TPSA) is 84.9 Å². The highest BCUT2D eigenvalue weighted by Gasteiger charge is 2.37. The van der Waals surface area contributed by atoms with Crippen LogP contribution in [0.2, 0.25) is 0 Å². The molecule has 36 heavy (non-hydrogen) atoms. The highest BCUT2D eigenvalue weighted by atomic mass is 79.9. The summed E-state index contributed by atoms with van der Waals surface area (Å²) < 4.78 is 12.4. The molecule has 0 radical (unpaired) electrons. The van der Waals surface area contributed by atoms with Crippen molar-refractivity contribution in [1.29, 1.82) is 0 Å². The zero-order chi connectivity index (χ0) is 25.8. The van der Waals surface area contributed by atoms with Gasteiger partial charge in [0.25, 0.3) is 11.8 Å². The number of barbiturate groups is 1. The molecule has 1 heterocycles. The molecule has 7 nitrogen and oxygen atoms in total. The summed E-state index contributed by atoms with van der Waals surface area (Å²) in [4.78, 5) is 39.4. The van der Waals surface area contributed by atoms with Gasteiger partial charge < -0.3 is 9.47 Å². The van der Waals surface area contributed by atoms with E-state index < -0.39 is 17.8 Å². The summed E-state index contributed by atoms with van der Waals surface area (Å²) in [5, 5.41) is 2.24. The lowest BCUT2D eigenvalue weighted by atomic mass is 10.1. The maximum Gasteiger partial charge on any atom is 0.335 e. The van der Waals surface area contributed by atoms with E-state index in [4.69, 9.17) is 9.47 Å². The van der Waals surface area contributed by atoms with Gasteiger partial charge in [-0.2, -0.15) is 0 Å². The first kappa shape index (κ1) is 25.2. The van der Waals surface area contributed by atoms with Crippen LogP contribution in [-0.4, -0.2) is 23.9 Å². The van der Waals surface area contributed by atoms with E-state index >= 15 is 0 Å². The van der Waals surface area contributed by atoms with Gasteiger partial charge in [0, 0.05) is 10.0 Å². The normalized spacial score (nSPS) is 14.9. The van der Waals surface area contributed by atoms with Gasteiger partial charge in [-0.05, 0) is 74.9 Å². The Morgan fingerprint density at radius 3 is 2.33 bits per heavy atom. The first-order chi connectivity index (χ1) is 17.2. The molecule has 0 saturated carbocycles. The first-order valence-corrected chi connectivity index (χ1v) is 12.2. The number of carbonyl (C=O) groups is 3. The molecule has 0 bridgehead atoms. The molecule has 0 unspecified atom stereocenters. The fourth-order valence-corrected chi connectivity index (χ4v) is 3.96. The Morgan fingerprint density at radius 1 is 0.972 bits per heavy atom. The summed E-state index contributed by atoms with van der Waals surface area (Å²) in [6.07, 6.45) is 1.32. The summed E-state index contributed by atoms with van der Waals surface area (Å²) in [7, 11) is 0. The number of hydrogen-bond acceptors (Lipinski definition) is 5. The van der Waals surface area contributed by atoms with Crippen LogP contribution >= 0.6 is 15.9 Å². The molecule has 184 valence electrons. The fourth-order valence-electron chi connectivity index (χ4n) is 3.58. The second-order valence-corrected chi connectivity index (χ2v) is 9.49. The van der Waals surface area contributed by atoms with Gasteiger partial charge in [0.05, 0.1) is 11.8 Å². The number of aryl methyl sites for hydroxylation is 1. The molecule has 4 amide bonds. The Bertz CT molecular complexity index is 1330. The average Bonchev–Trinajstić information content (AvgIpc) is 2.83. The third-order valence-electron chi connectivity index (χ3n) is 5.36. The van der Waals surface area contributed by atoms with Crippen molar-refractivity contribution >= 4 is 45.5 Å². The first-order valence-electron chi connectivity index (χ1n) is 11.4. The summed E-state index contributed by atoms with van der Waals surface area (Å²) in [5.41, 5.74) is 2.86. The van der Waals surface area contributed by atoms with Crippen molar-refractivity contribution < 1.29 is 23.9 Å². The van der Waals surface area contributed by atoms with Crippen molar-refractivity contribution in [2.45, 2.75) is 33.5 Å². The van der Waals surface area contributed by atoms with E-state index in [0.29, 0.717) is 29.4 Å². The Hall–Kier alpha value is -3.91. The molecule has 0 aromatic heterocycles. The molecule has 1 aliphatic rings. The number of nitrogens with zero attached hydrogens (tertiary/aromatic N) is 1. The smallest absolute Gasteiger partial charge is 0.335 e. The second kappa shape index (κ2) is 10.8. The summed E-state index contributed by atoms with van der Waals surface area (Å²) in [6, 6.07) is 19.0. The summed E-state index contributed by atoms with van der Waals surface area (Å²) in [5.74, 6) is -0.400. The molecule has 8 heteroatoms. The van der Waals surface area contributed by atoms with Crippen LogP contribution in [0.25, 0.3) is 6.08 Å². The van der Waals surface area contributed by atoms with Crippen molar-refractivity contribution in [3.8, 4) is 11.5 Å². The molecule has 3 aromatic carbocycles. The Kier molecular flexibility index (Phi) is 7.55. The van der Waals surface area contributed by atoms with Crippen LogP contribution in [0.15, 0.2) is 76.8 Å². The van der Waals surface area contributed by atoms with Gasteiger partial charge >= 0.3 is 6.03 Å². The lowest BCUT2D eigenvalue weighted by Crippen LogP contribution is -2.54. The number of imide groups is 2. The van der Waals surface area contributed by atoms with Crippen molar-refractivity contribution in [3.63, 3.8) is 0 Å². The number of amides is 4. The molecule has 1 N–H and O–H groups in total. The highest BCUT2D eigenvalue weighted by molar-refractivity contribution is 9.10. The van der Waals surface area contributed by atoms with Gasteiger partial charge in [-0.25, -0.2) is 9.69 Å². The number of benzene rings is 3. The summed E-state index contributed by atoms with van der Waals surface area (Å²) in [6.45, 7) is 6.17. The molecule has 0 spiro atoms. The highest BCUT2D eigenvalue weighted by Crippen LogP contribution is 2.29. The van der Waals surface area contributed by atoms with Crippen LogP contribution in [0.1, 0.15) is 30.5 Å². The van der Waals surface area contributed by atoms with Crippen LogP contribution in [0.3, 0.4) is 0 Å². The minimum absolute atomic E-state index is 0.107. The minimum atomic E-state index is -0.816. The monoisotopic (exact) mass is 548 g/mol. The van der Waals surface area contributed by atoms with E-state index in [1.807, 2.05) is 45.0 Å². The maximum atomic E-state index is 13.3. The van der Waals surface area contributed by atoms with Crippen LogP contribution in [0.5, 0.6) is 11.5 Å². The van der Waals surface area contributed by atoms with Crippen LogP contribution in [0, 0.1) is 6.92 Å². The minimum Gasteiger partial charge on any atom is -0.490 e. The number of ether oxygens (including phenoxy) is 2. The lowest BCUT2D eigenvalue weighted by molar-refractivity contribution is -0.122. The predicted octanol–water partition coefficient (Wildman–Crippen LogP) is 5.79. The van der Waals surface area contributed by atoms with Crippen LogP contribution < -0.4 is 19.7 Å². The number of anilines is 1. The quantitative estimate of drug-likeness (QED) is 0.298. The molecule has 0 aliphatic carbocycles. The van der Waals surface area contributed by atoms with E-state index in [0.717, 1.165) is 14.9 Å². The number of rotatable bonds is 7. The van der Waals surface area contributed by atoms with Gasteiger partial charge in [-0.3, -0.25) is 14.9 Å². The third kappa shape index (κ3) is 5.83. The van der Waals surface area contributed by atoms with Crippen molar-refractivity contribution in [2.75, 3.05) is 4.90 Å². The number of halogens is 1. The van der Waals surface area contributed by atoms with Gasteiger partial charge in [0.1, 0.15) is 23.7 Å². The van der Waals surface area contributed by atoms with Crippen molar-refractivity contribution in [3.05, 3.63) is 93.5 Å². The average molecular weight is 549 g/mol. The summed E-state index contributed by atoms with van der Waals surface area (Å²) >= 11 is 3.41. The van der Waals surface area contributed by atoms with Crippen LogP contribution in [0.4, 0.5) is 10.5 Å². The molecule has 0 atom stereocenters.